The van der Waals surface area contributed by atoms with Gasteiger partial charge in [0.25, 0.3) is 0 Å². The molecule has 0 spiro atoms. The molecular weight excluding hydrogens is 496 g/mol. The van der Waals surface area contributed by atoms with Crippen molar-refractivity contribution in [2.45, 2.75) is 44.8 Å². The van der Waals surface area contributed by atoms with E-state index in [9.17, 15) is 44.4 Å². The minimum Gasteiger partial charge on any atom is -0.481 e. The number of aliphatic hydroxyl groups is 2. The van der Waals surface area contributed by atoms with E-state index in [0.717, 1.165) is 4.90 Å². The molecule has 0 amide bonds. The lowest BCUT2D eigenvalue weighted by Gasteiger charge is -2.37. The highest BCUT2D eigenvalue weighted by molar-refractivity contribution is 5.87. The number of carbonyl (C=O) groups is 5. The fourth-order valence-corrected chi connectivity index (χ4v) is 3.18. The van der Waals surface area contributed by atoms with Crippen LogP contribution in [-0.4, -0.2) is 129 Å². The molecule has 0 aromatic rings. The first-order valence-corrected chi connectivity index (χ1v) is 11.3. The van der Waals surface area contributed by atoms with Crippen LogP contribution in [-0.2, 0) is 33.4 Å². The molecule has 0 aliphatic heterocycles. The van der Waals surface area contributed by atoms with E-state index in [4.69, 9.17) is 14.6 Å². The molecule has 5 N–H and O–H groups in total. The van der Waals surface area contributed by atoms with Crippen LogP contribution < -0.4 is 0 Å². The maximum atomic E-state index is 11.9. The minimum atomic E-state index is -1.65. The van der Waals surface area contributed by atoms with Gasteiger partial charge in [-0.25, -0.2) is 9.59 Å². The number of aliphatic carboxylic acids is 3. The second-order valence-corrected chi connectivity index (χ2v) is 8.30. The zero-order valence-corrected chi connectivity index (χ0v) is 21.0. The van der Waals surface area contributed by atoms with E-state index >= 15 is 0 Å². The fourth-order valence-electron chi connectivity index (χ4n) is 3.18. The van der Waals surface area contributed by atoms with E-state index in [2.05, 4.69) is 13.2 Å². The van der Waals surface area contributed by atoms with Gasteiger partial charge in [-0.1, -0.05) is 13.2 Å². The number of carboxylic acids is 3. The van der Waals surface area contributed by atoms with E-state index < -0.39 is 74.2 Å². The highest BCUT2D eigenvalue weighted by Gasteiger charge is 2.34. The van der Waals surface area contributed by atoms with Crippen molar-refractivity contribution >= 4 is 29.8 Å². The molecule has 0 rings (SSSR count). The van der Waals surface area contributed by atoms with Crippen molar-refractivity contribution in [2.75, 3.05) is 46.1 Å². The van der Waals surface area contributed by atoms with E-state index in [1.54, 1.807) is 0 Å². The molecular formula is C23H36N2O12. The lowest BCUT2D eigenvalue weighted by Crippen LogP contribution is -2.55. The molecule has 0 radical (unpaired) electrons. The van der Waals surface area contributed by atoms with Gasteiger partial charge in [-0.3, -0.25) is 24.2 Å². The number of aliphatic hydroxyl groups excluding tert-OH is 2. The van der Waals surface area contributed by atoms with Crippen LogP contribution in [0.2, 0.25) is 0 Å². The van der Waals surface area contributed by atoms with Crippen LogP contribution in [0.4, 0.5) is 0 Å². The highest BCUT2D eigenvalue weighted by atomic mass is 16.5. The van der Waals surface area contributed by atoms with Gasteiger partial charge >= 0.3 is 29.8 Å². The Bertz CT molecular complexity index is 844. The van der Waals surface area contributed by atoms with E-state index in [0.29, 0.717) is 0 Å². The third-order valence-corrected chi connectivity index (χ3v) is 5.23. The summed E-state index contributed by atoms with van der Waals surface area (Å²) in [6.07, 6.45) is -1.23. The van der Waals surface area contributed by atoms with E-state index in [1.807, 2.05) is 0 Å². The first-order valence-electron chi connectivity index (χ1n) is 11.3. The number of carbonyl (C=O) groups excluding carboxylic acids is 2. The minimum absolute atomic E-state index is 0.0542. The van der Waals surface area contributed by atoms with Crippen molar-refractivity contribution < 1.29 is 59.0 Å². The quantitative estimate of drug-likeness (QED) is 0.0936. The Hall–Kier alpha value is -3.33. The monoisotopic (exact) mass is 532 g/mol. The van der Waals surface area contributed by atoms with Gasteiger partial charge in [-0.15, -0.1) is 0 Å². The summed E-state index contributed by atoms with van der Waals surface area (Å²) in [7, 11) is 0. The van der Waals surface area contributed by atoms with Gasteiger partial charge in [-0.05, 0) is 13.8 Å². The third-order valence-electron chi connectivity index (χ3n) is 5.23. The predicted molar refractivity (Wildman–Crippen MR) is 128 cm³/mol. The third kappa shape index (κ3) is 13.0. The molecule has 37 heavy (non-hydrogen) atoms. The Morgan fingerprint density at radius 2 is 1.24 bits per heavy atom. The highest BCUT2D eigenvalue weighted by Crippen LogP contribution is 2.14. The maximum absolute atomic E-state index is 11.9. The van der Waals surface area contributed by atoms with Gasteiger partial charge in [0.05, 0.1) is 38.1 Å². The van der Waals surface area contributed by atoms with Crippen LogP contribution >= 0.6 is 0 Å². The van der Waals surface area contributed by atoms with Crippen LogP contribution in [0.3, 0.4) is 0 Å². The first kappa shape index (κ1) is 33.7. The van der Waals surface area contributed by atoms with E-state index in [1.165, 1.54) is 18.7 Å². The predicted octanol–water partition coefficient (Wildman–Crippen LogP) is -1.05. The molecule has 0 aliphatic rings. The smallest absolute Gasteiger partial charge is 0.333 e. The van der Waals surface area contributed by atoms with Crippen molar-refractivity contribution in [2.24, 2.45) is 0 Å². The molecule has 0 fully saturated rings. The van der Waals surface area contributed by atoms with Crippen LogP contribution in [0.25, 0.3) is 0 Å². The second-order valence-electron chi connectivity index (χ2n) is 8.30. The first-order chi connectivity index (χ1) is 17.2. The molecule has 210 valence electrons. The van der Waals surface area contributed by atoms with Crippen molar-refractivity contribution in [1.82, 2.24) is 9.80 Å². The summed E-state index contributed by atoms with van der Waals surface area (Å²) in [6, 6.07) is -3.67. The Morgan fingerprint density at radius 3 is 1.62 bits per heavy atom. The summed E-state index contributed by atoms with van der Waals surface area (Å²) in [4.78, 5) is 60.6. The molecule has 0 saturated heterocycles. The molecule has 3 unspecified atom stereocenters. The average molecular weight is 533 g/mol. The number of nitrogens with zero attached hydrogens (tertiary/aromatic N) is 2. The largest absolute Gasteiger partial charge is 0.481 e. The second kappa shape index (κ2) is 17.2. The summed E-state index contributed by atoms with van der Waals surface area (Å²) < 4.78 is 10.1. The number of esters is 2. The number of hydrogen-bond donors (Lipinski definition) is 5. The Balaban J connectivity index is 5.98. The number of carboxylic acid groups (broad SMARTS) is 3. The fraction of sp³-hybridized carbons (Fsp3) is 0.609. The Labute approximate surface area is 214 Å². The molecule has 14 nitrogen and oxygen atoms in total. The summed E-state index contributed by atoms with van der Waals surface area (Å²) in [5.74, 6) is -5.64. The Morgan fingerprint density at radius 1 is 0.757 bits per heavy atom. The number of rotatable bonds is 20. The van der Waals surface area contributed by atoms with Gasteiger partial charge in [0.2, 0.25) is 0 Å². The molecule has 0 aromatic carbocycles. The van der Waals surface area contributed by atoms with Crippen LogP contribution in [0.15, 0.2) is 24.3 Å². The van der Waals surface area contributed by atoms with Gasteiger partial charge in [0.15, 0.2) is 0 Å². The van der Waals surface area contributed by atoms with Crippen molar-refractivity contribution in [3.8, 4) is 0 Å². The van der Waals surface area contributed by atoms with Crippen molar-refractivity contribution in [3.63, 3.8) is 0 Å². The number of hydrogen-bond acceptors (Lipinski definition) is 11. The zero-order valence-electron chi connectivity index (χ0n) is 21.0. The lowest BCUT2D eigenvalue weighted by molar-refractivity contribution is -0.153. The van der Waals surface area contributed by atoms with Gasteiger partial charge in [-0.2, -0.15) is 0 Å². The molecule has 0 aliphatic carbocycles. The van der Waals surface area contributed by atoms with Crippen LogP contribution in [0.1, 0.15) is 26.7 Å². The summed E-state index contributed by atoms with van der Waals surface area (Å²) >= 11 is 0. The maximum Gasteiger partial charge on any atom is 0.333 e. The molecule has 0 aromatic heterocycles. The van der Waals surface area contributed by atoms with Crippen LogP contribution in [0.5, 0.6) is 0 Å². The van der Waals surface area contributed by atoms with Crippen LogP contribution in [0, 0.1) is 0 Å². The van der Waals surface area contributed by atoms with E-state index in [-0.39, 0.29) is 43.8 Å². The van der Waals surface area contributed by atoms with Crippen molar-refractivity contribution in [3.05, 3.63) is 24.3 Å². The molecule has 0 heterocycles. The van der Waals surface area contributed by atoms with Gasteiger partial charge < -0.3 is 35.0 Å². The van der Waals surface area contributed by atoms with Gasteiger partial charge in [0, 0.05) is 30.8 Å². The topological polar surface area (TPSA) is 211 Å². The molecule has 14 heteroatoms. The van der Waals surface area contributed by atoms with Crippen molar-refractivity contribution in [1.29, 1.82) is 0 Å². The SMILES string of the molecule is C=C(C)C(=O)OCC(CO)N(CCC(=O)O)CCN(C(CO)COC(=O)C(=C)C)C(CC(=O)O)C(=O)O. The summed E-state index contributed by atoms with van der Waals surface area (Å²) in [5.41, 5.74) is 0.159. The lowest BCUT2D eigenvalue weighted by atomic mass is 10.1. The Kier molecular flexibility index (Phi) is 15.6. The summed E-state index contributed by atoms with van der Waals surface area (Å²) in [5, 5.41) is 47.8. The zero-order chi connectivity index (χ0) is 28.7. The molecule has 0 bridgehead atoms. The average Bonchev–Trinajstić information content (AvgIpc) is 2.81. The normalized spacial score (nSPS) is 13.5. The van der Waals surface area contributed by atoms with Gasteiger partial charge in [0.1, 0.15) is 19.3 Å². The standard InChI is InChI=1S/C23H36N2O12/c1-14(2)22(34)36-12-16(10-26)24(6-5-19(28)29)7-8-25(18(21(32)33)9-20(30)31)17(11-27)13-37-23(35)15(3)4/h16-18,26-27H,1,3,5-13H2,2,4H3,(H,28,29)(H,30,31)(H,32,33). The molecule has 3 atom stereocenters. The summed E-state index contributed by atoms with van der Waals surface area (Å²) in [6.45, 7) is 7.09. The number of ether oxygens (including phenoxy) is 2. The molecule has 0 saturated carbocycles.